The second kappa shape index (κ2) is 10.3. The van der Waals surface area contributed by atoms with E-state index in [4.69, 9.17) is 15.3 Å². The molecule has 1 heterocycles. The van der Waals surface area contributed by atoms with Gasteiger partial charge in [-0.15, -0.1) is 10.2 Å². The minimum atomic E-state index is -0.223. The van der Waals surface area contributed by atoms with Gasteiger partial charge in [0.25, 0.3) is 5.95 Å². The number of carbonyl (C=O) groups excluding carboxylic acids is 1. The first-order valence-corrected chi connectivity index (χ1v) is 10.2. The molecule has 0 saturated carbocycles. The number of methoxy groups -OCH3 is 2. The predicted octanol–water partition coefficient (Wildman–Crippen LogP) is 2.58. The largest absolute Gasteiger partial charge is 0.497 e. The van der Waals surface area contributed by atoms with Gasteiger partial charge in [-0.25, -0.2) is 10.1 Å². The number of aromatic nitrogens is 3. The molecule has 0 aliphatic carbocycles. The molecule has 0 atom stereocenters. The zero-order valence-electron chi connectivity index (χ0n) is 17.3. The Morgan fingerprint density at radius 2 is 1.97 bits per heavy atom. The van der Waals surface area contributed by atoms with Gasteiger partial charge in [0, 0.05) is 5.56 Å². The molecule has 0 fully saturated rings. The first-order chi connectivity index (χ1) is 15.0. The van der Waals surface area contributed by atoms with Gasteiger partial charge in [-0.2, -0.15) is 5.10 Å². The third-order valence-electron chi connectivity index (χ3n) is 4.19. The summed E-state index contributed by atoms with van der Waals surface area (Å²) in [6.45, 7) is 1.84. The summed E-state index contributed by atoms with van der Waals surface area (Å²) < 4.78 is 11.7. The van der Waals surface area contributed by atoms with Crippen LogP contribution < -0.4 is 26.1 Å². The number of amides is 1. The van der Waals surface area contributed by atoms with Crippen LogP contribution in [0.2, 0.25) is 0 Å². The monoisotopic (exact) mass is 441 g/mol. The Kier molecular flexibility index (Phi) is 7.33. The smallest absolute Gasteiger partial charge is 0.264 e. The normalized spacial score (nSPS) is 11.1. The molecule has 1 aromatic heterocycles. The van der Waals surface area contributed by atoms with Crippen molar-refractivity contribution in [2.24, 2.45) is 5.10 Å². The Morgan fingerprint density at radius 3 is 2.74 bits per heavy atom. The maximum atomic E-state index is 12.3. The zero-order valence-corrected chi connectivity index (χ0v) is 18.1. The van der Waals surface area contributed by atoms with E-state index in [1.54, 1.807) is 26.4 Å². The highest BCUT2D eigenvalue weighted by Gasteiger charge is 2.13. The lowest BCUT2D eigenvalue weighted by Gasteiger charge is -2.09. The highest BCUT2D eigenvalue weighted by molar-refractivity contribution is 7.99. The molecule has 4 N–H and O–H groups in total. The molecule has 0 aliphatic heterocycles. The molecule has 162 valence electrons. The molecule has 0 unspecified atom stereocenters. The van der Waals surface area contributed by atoms with Gasteiger partial charge >= 0.3 is 0 Å². The van der Waals surface area contributed by atoms with Crippen molar-refractivity contribution in [2.45, 2.75) is 12.1 Å². The topological polar surface area (TPSA) is 129 Å². The second-order valence-electron chi connectivity index (χ2n) is 6.25. The average molecular weight is 442 g/mol. The van der Waals surface area contributed by atoms with E-state index < -0.39 is 0 Å². The Labute approximate surface area is 183 Å². The van der Waals surface area contributed by atoms with Gasteiger partial charge in [0.05, 0.1) is 31.4 Å². The molecular weight excluding hydrogens is 418 g/mol. The van der Waals surface area contributed by atoms with E-state index in [-0.39, 0.29) is 17.6 Å². The summed E-state index contributed by atoms with van der Waals surface area (Å²) in [7, 11) is 3.15. The van der Waals surface area contributed by atoms with Crippen LogP contribution in [0.1, 0.15) is 12.5 Å². The van der Waals surface area contributed by atoms with Gasteiger partial charge in [0.2, 0.25) is 11.1 Å². The zero-order chi connectivity index (χ0) is 22.2. The number of hydrogen-bond acceptors (Lipinski definition) is 9. The summed E-state index contributed by atoms with van der Waals surface area (Å²) >= 11 is 1.15. The molecule has 0 saturated heterocycles. The number of nitrogen functional groups attached to an aromatic ring is 1. The van der Waals surface area contributed by atoms with Gasteiger partial charge < -0.3 is 20.6 Å². The molecule has 0 radical (unpaired) electrons. The number of para-hydroxylation sites is 2. The second-order valence-corrected chi connectivity index (χ2v) is 7.20. The standard InChI is InChI=1S/C20H23N7O3S/c1-13(14-7-6-8-15(11-14)29-2)23-24-19-25-26-20(27(19)21)31-12-18(28)22-16-9-4-5-10-17(16)30-3/h4-11H,12,21H2,1-3H3,(H,22,28)(H,24,25)/b23-13+. The number of carbonyl (C=O) groups is 1. The molecule has 0 spiro atoms. The van der Waals surface area contributed by atoms with Crippen LogP contribution in [0.25, 0.3) is 0 Å². The summed E-state index contributed by atoms with van der Waals surface area (Å²) in [5.41, 5.74) is 4.99. The molecule has 10 nitrogen and oxygen atoms in total. The summed E-state index contributed by atoms with van der Waals surface area (Å²) in [6, 6.07) is 14.7. The van der Waals surface area contributed by atoms with Crippen molar-refractivity contribution < 1.29 is 14.3 Å². The Balaban J connectivity index is 1.59. The maximum absolute atomic E-state index is 12.3. The van der Waals surface area contributed by atoms with Gasteiger partial charge in [0.15, 0.2) is 0 Å². The van der Waals surface area contributed by atoms with E-state index in [2.05, 4.69) is 26.0 Å². The number of nitrogens with zero attached hydrogens (tertiary/aromatic N) is 4. The molecule has 2 aromatic carbocycles. The lowest BCUT2D eigenvalue weighted by molar-refractivity contribution is -0.113. The number of rotatable bonds is 9. The third kappa shape index (κ3) is 5.66. The molecule has 31 heavy (non-hydrogen) atoms. The highest BCUT2D eigenvalue weighted by atomic mass is 32.2. The van der Waals surface area contributed by atoms with Gasteiger partial charge in [-0.3, -0.25) is 4.79 Å². The van der Waals surface area contributed by atoms with Gasteiger partial charge in [-0.05, 0) is 31.2 Å². The fourth-order valence-corrected chi connectivity index (χ4v) is 3.22. The van der Waals surface area contributed by atoms with Crippen molar-refractivity contribution in [3.8, 4) is 11.5 Å². The summed E-state index contributed by atoms with van der Waals surface area (Å²) in [5, 5.41) is 15.4. The first kappa shape index (κ1) is 22.0. The van der Waals surface area contributed by atoms with Crippen LogP contribution in [-0.4, -0.2) is 46.5 Å². The molecule has 3 aromatic rings. The summed E-state index contributed by atoms with van der Waals surface area (Å²) in [5.74, 6) is 7.46. The molecular formula is C20H23N7O3S. The summed E-state index contributed by atoms with van der Waals surface area (Å²) in [6.07, 6.45) is 0. The fourth-order valence-electron chi connectivity index (χ4n) is 2.56. The van der Waals surface area contributed by atoms with E-state index in [9.17, 15) is 4.79 Å². The minimum Gasteiger partial charge on any atom is -0.497 e. The minimum absolute atomic E-state index is 0.0967. The number of benzene rings is 2. The van der Waals surface area contributed by atoms with E-state index in [0.717, 1.165) is 23.1 Å². The first-order valence-electron chi connectivity index (χ1n) is 9.22. The number of hydrazone groups is 1. The maximum Gasteiger partial charge on any atom is 0.264 e. The van der Waals surface area contributed by atoms with Crippen molar-refractivity contribution in [3.63, 3.8) is 0 Å². The third-order valence-corrected chi connectivity index (χ3v) is 5.13. The van der Waals surface area contributed by atoms with Crippen molar-refractivity contribution in [1.82, 2.24) is 14.9 Å². The van der Waals surface area contributed by atoms with Crippen molar-refractivity contribution in [3.05, 3.63) is 54.1 Å². The van der Waals surface area contributed by atoms with Gasteiger partial charge in [-0.1, -0.05) is 36.0 Å². The summed E-state index contributed by atoms with van der Waals surface area (Å²) in [4.78, 5) is 12.3. The van der Waals surface area contributed by atoms with Crippen LogP contribution in [0.5, 0.6) is 11.5 Å². The molecule has 3 rings (SSSR count). The lowest BCUT2D eigenvalue weighted by atomic mass is 10.1. The van der Waals surface area contributed by atoms with Crippen LogP contribution in [0, 0.1) is 0 Å². The molecule has 0 bridgehead atoms. The molecule has 11 heteroatoms. The number of thioether (sulfide) groups is 1. The quantitative estimate of drug-likeness (QED) is 0.200. The van der Waals surface area contributed by atoms with Crippen molar-refractivity contribution in [2.75, 3.05) is 36.6 Å². The number of nitrogens with two attached hydrogens (primary N) is 1. The van der Waals surface area contributed by atoms with Crippen LogP contribution in [0.4, 0.5) is 11.6 Å². The predicted molar refractivity (Wildman–Crippen MR) is 121 cm³/mol. The van der Waals surface area contributed by atoms with E-state index >= 15 is 0 Å². The van der Waals surface area contributed by atoms with Crippen LogP contribution in [0.3, 0.4) is 0 Å². The number of hydrogen-bond donors (Lipinski definition) is 3. The van der Waals surface area contributed by atoms with E-state index in [1.165, 1.54) is 4.68 Å². The van der Waals surface area contributed by atoms with E-state index in [1.807, 2.05) is 43.3 Å². The Morgan fingerprint density at radius 1 is 1.16 bits per heavy atom. The SMILES string of the molecule is COc1cccc(/C(C)=N/Nc2nnc(SCC(=O)Nc3ccccc3OC)n2N)c1. The molecule has 1 amide bonds. The van der Waals surface area contributed by atoms with Crippen LogP contribution in [-0.2, 0) is 4.79 Å². The van der Waals surface area contributed by atoms with Gasteiger partial charge in [0.1, 0.15) is 11.5 Å². The molecule has 0 aliphatic rings. The number of ether oxygens (including phenoxy) is 2. The fraction of sp³-hybridized carbons (Fsp3) is 0.200. The Hall–Kier alpha value is -3.73. The number of nitrogens with one attached hydrogen (secondary N) is 2. The average Bonchev–Trinajstić information content (AvgIpc) is 3.15. The van der Waals surface area contributed by atoms with E-state index in [0.29, 0.717) is 22.3 Å². The van der Waals surface area contributed by atoms with Crippen molar-refractivity contribution in [1.29, 1.82) is 0 Å². The Bertz CT molecular complexity index is 1080. The number of anilines is 2. The highest BCUT2D eigenvalue weighted by Crippen LogP contribution is 2.24. The van der Waals surface area contributed by atoms with Crippen LogP contribution in [0.15, 0.2) is 58.8 Å². The van der Waals surface area contributed by atoms with Crippen molar-refractivity contribution >= 4 is 35.0 Å². The van der Waals surface area contributed by atoms with Crippen LogP contribution >= 0.6 is 11.8 Å². The lowest BCUT2D eigenvalue weighted by Crippen LogP contribution is -2.17.